The standard InChI is InChI=1S/C13H12N2O4S/c1-20(18,19)9-4-2-8(3-5-9)11-7-6-10(14)12(15-11)13(16)17/h2-7H,14H2,1H3,(H,16,17). The number of nitrogen functional groups attached to an aromatic ring is 1. The smallest absolute Gasteiger partial charge is 0.356 e. The minimum Gasteiger partial charge on any atom is -0.476 e. The van der Waals surface area contributed by atoms with Crippen LogP contribution in [0.3, 0.4) is 0 Å². The lowest BCUT2D eigenvalue weighted by Gasteiger charge is -2.05. The Hall–Kier alpha value is -2.41. The van der Waals surface area contributed by atoms with E-state index < -0.39 is 15.8 Å². The van der Waals surface area contributed by atoms with E-state index in [4.69, 9.17) is 10.8 Å². The van der Waals surface area contributed by atoms with E-state index in [9.17, 15) is 13.2 Å². The van der Waals surface area contributed by atoms with Gasteiger partial charge in [0.15, 0.2) is 15.5 Å². The van der Waals surface area contributed by atoms with Gasteiger partial charge in [-0.25, -0.2) is 18.2 Å². The zero-order chi connectivity index (χ0) is 14.9. The lowest BCUT2D eigenvalue weighted by molar-refractivity contribution is 0.0692. The van der Waals surface area contributed by atoms with Crippen LogP contribution in [0.4, 0.5) is 5.69 Å². The number of benzene rings is 1. The second-order valence-electron chi connectivity index (χ2n) is 4.24. The minimum atomic E-state index is -3.26. The van der Waals surface area contributed by atoms with Gasteiger partial charge < -0.3 is 10.8 Å². The molecule has 1 aromatic carbocycles. The molecule has 20 heavy (non-hydrogen) atoms. The zero-order valence-electron chi connectivity index (χ0n) is 10.6. The van der Waals surface area contributed by atoms with E-state index in [1.54, 1.807) is 18.2 Å². The number of hydrogen-bond donors (Lipinski definition) is 2. The van der Waals surface area contributed by atoms with Crippen molar-refractivity contribution in [3.8, 4) is 11.3 Å². The number of pyridine rings is 1. The topological polar surface area (TPSA) is 110 Å². The molecular formula is C13H12N2O4S. The highest BCUT2D eigenvalue weighted by Gasteiger charge is 2.12. The van der Waals surface area contributed by atoms with Crippen LogP contribution in [0.25, 0.3) is 11.3 Å². The van der Waals surface area contributed by atoms with E-state index >= 15 is 0 Å². The first-order valence-corrected chi connectivity index (χ1v) is 7.48. The summed E-state index contributed by atoms with van der Waals surface area (Å²) in [5.74, 6) is -1.21. The Bertz CT molecular complexity index is 767. The number of sulfone groups is 1. The number of aromatic nitrogens is 1. The molecule has 2 aromatic rings. The number of anilines is 1. The van der Waals surface area contributed by atoms with Crippen molar-refractivity contribution in [2.45, 2.75) is 4.90 Å². The molecule has 3 N–H and O–H groups in total. The van der Waals surface area contributed by atoms with Crippen LogP contribution in [-0.2, 0) is 9.84 Å². The normalized spacial score (nSPS) is 11.2. The highest BCUT2D eigenvalue weighted by atomic mass is 32.2. The van der Waals surface area contributed by atoms with Crippen LogP contribution in [0, 0.1) is 0 Å². The monoisotopic (exact) mass is 292 g/mol. The summed E-state index contributed by atoms with van der Waals surface area (Å²) in [6.07, 6.45) is 1.12. The highest BCUT2D eigenvalue weighted by molar-refractivity contribution is 7.90. The number of carboxylic acid groups (broad SMARTS) is 1. The second kappa shape index (κ2) is 4.93. The Kier molecular flexibility index (Phi) is 3.46. The van der Waals surface area contributed by atoms with E-state index in [0.29, 0.717) is 11.3 Å². The fourth-order valence-electron chi connectivity index (χ4n) is 1.67. The van der Waals surface area contributed by atoms with Gasteiger partial charge in [0, 0.05) is 11.8 Å². The number of aromatic carboxylic acids is 1. The zero-order valence-corrected chi connectivity index (χ0v) is 11.4. The van der Waals surface area contributed by atoms with Crippen LogP contribution in [0.15, 0.2) is 41.3 Å². The van der Waals surface area contributed by atoms with Gasteiger partial charge in [0.1, 0.15) is 0 Å². The molecule has 0 saturated carbocycles. The Morgan fingerprint density at radius 3 is 2.25 bits per heavy atom. The predicted molar refractivity (Wildman–Crippen MR) is 74.2 cm³/mol. The summed E-state index contributed by atoms with van der Waals surface area (Å²) in [6.45, 7) is 0. The molecule has 0 unspecified atom stereocenters. The molecular weight excluding hydrogens is 280 g/mol. The summed E-state index contributed by atoms with van der Waals surface area (Å²) in [6, 6.07) is 9.07. The van der Waals surface area contributed by atoms with E-state index in [1.165, 1.54) is 18.2 Å². The Morgan fingerprint density at radius 1 is 1.15 bits per heavy atom. The van der Waals surface area contributed by atoms with Gasteiger partial charge in [0.25, 0.3) is 0 Å². The maximum Gasteiger partial charge on any atom is 0.356 e. The van der Waals surface area contributed by atoms with Crippen LogP contribution in [0.5, 0.6) is 0 Å². The largest absolute Gasteiger partial charge is 0.476 e. The number of nitrogens with two attached hydrogens (primary N) is 1. The van der Waals surface area contributed by atoms with Crippen molar-refractivity contribution < 1.29 is 18.3 Å². The molecule has 0 atom stereocenters. The average Bonchev–Trinajstić information content (AvgIpc) is 2.38. The molecule has 7 heteroatoms. The fraction of sp³-hybridized carbons (Fsp3) is 0.0769. The lowest BCUT2D eigenvalue weighted by Crippen LogP contribution is -2.06. The van der Waals surface area contributed by atoms with E-state index in [1.807, 2.05) is 0 Å². The molecule has 0 amide bonds. The summed E-state index contributed by atoms with van der Waals surface area (Å²) in [4.78, 5) is 15.1. The number of hydrogen-bond acceptors (Lipinski definition) is 5. The van der Waals surface area contributed by atoms with Crippen molar-refractivity contribution in [2.24, 2.45) is 0 Å². The van der Waals surface area contributed by atoms with Crippen LogP contribution >= 0.6 is 0 Å². The maximum atomic E-state index is 11.4. The third-order valence-corrected chi connectivity index (χ3v) is 3.84. The Labute approximate surface area is 115 Å². The molecule has 0 fully saturated rings. The third-order valence-electron chi connectivity index (χ3n) is 2.71. The van der Waals surface area contributed by atoms with Gasteiger partial charge in [-0.2, -0.15) is 0 Å². The van der Waals surface area contributed by atoms with Crippen molar-refractivity contribution >= 4 is 21.5 Å². The molecule has 0 aliphatic heterocycles. The van der Waals surface area contributed by atoms with Gasteiger partial charge in [-0.3, -0.25) is 0 Å². The van der Waals surface area contributed by atoms with E-state index in [0.717, 1.165) is 6.26 Å². The second-order valence-corrected chi connectivity index (χ2v) is 6.25. The molecule has 0 saturated heterocycles. The fourth-order valence-corrected chi connectivity index (χ4v) is 2.31. The third kappa shape index (κ3) is 2.77. The maximum absolute atomic E-state index is 11.4. The van der Waals surface area contributed by atoms with Crippen molar-refractivity contribution in [2.75, 3.05) is 12.0 Å². The summed E-state index contributed by atoms with van der Waals surface area (Å²) >= 11 is 0. The minimum absolute atomic E-state index is 0.0778. The Morgan fingerprint density at radius 2 is 1.75 bits per heavy atom. The number of nitrogens with zero attached hydrogens (tertiary/aromatic N) is 1. The molecule has 0 spiro atoms. The average molecular weight is 292 g/mol. The first-order valence-electron chi connectivity index (χ1n) is 5.59. The van der Waals surface area contributed by atoms with Gasteiger partial charge in [0.05, 0.1) is 16.3 Å². The summed E-state index contributed by atoms with van der Waals surface area (Å²) in [7, 11) is -3.26. The van der Waals surface area contributed by atoms with Gasteiger partial charge in [-0.1, -0.05) is 12.1 Å². The van der Waals surface area contributed by atoms with Crippen molar-refractivity contribution in [1.82, 2.24) is 4.98 Å². The van der Waals surface area contributed by atoms with Crippen LogP contribution in [-0.4, -0.2) is 30.7 Å². The molecule has 0 bridgehead atoms. The van der Waals surface area contributed by atoms with Crippen LogP contribution in [0.2, 0.25) is 0 Å². The molecule has 2 rings (SSSR count). The summed E-state index contributed by atoms with van der Waals surface area (Å²) in [5.41, 5.74) is 6.40. The van der Waals surface area contributed by atoms with Gasteiger partial charge in [-0.15, -0.1) is 0 Å². The molecule has 0 radical (unpaired) electrons. The summed E-state index contributed by atoms with van der Waals surface area (Å²) < 4.78 is 22.7. The van der Waals surface area contributed by atoms with E-state index in [2.05, 4.69) is 4.98 Å². The quantitative estimate of drug-likeness (QED) is 0.885. The van der Waals surface area contributed by atoms with Crippen LogP contribution in [0.1, 0.15) is 10.5 Å². The molecule has 6 nitrogen and oxygen atoms in total. The van der Waals surface area contributed by atoms with Crippen molar-refractivity contribution in [3.05, 3.63) is 42.1 Å². The van der Waals surface area contributed by atoms with Crippen molar-refractivity contribution in [3.63, 3.8) is 0 Å². The summed E-state index contributed by atoms with van der Waals surface area (Å²) in [5, 5.41) is 8.97. The van der Waals surface area contributed by atoms with Gasteiger partial charge in [-0.05, 0) is 24.3 Å². The number of rotatable bonds is 3. The van der Waals surface area contributed by atoms with E-state index in [-0.39, 0.29) is 16.3 Å². The van der Waals surface area contributed by atoms with Gasteiger partial charge >= 0.3 is 5.97 Å². The highest BCUT2D eigenvalue weighted by Crippen LogP contribution is 2.22. The molecule has 104 valence electrons. The van der Waals surface area contributed by atoms with Gasteiger partial charge in [0.2, 0.25) is 0 Å². The molecule has 1 aromatic heterocycles. The first kappa shape index (κ1) is 14.0. The Balaban J connectivity index is 2.47. The first-order chi connectivity index (χ1) is 9.29. The molecule has 1 heterocycles. The van der Waals surface area contributed by atoms with Crippen LogP contribution < -0.4 is 5.73 Å². The number of carbonyl (C=O) groups is 1. The molecule has 0 aliphatic carbocycles. The predicted octanol–water partition coefficient (Wildman–Crippen LogP) is 1.43. The lowest BCUT2D eigenvalue weighted by atomic mass is 10.1. The SMILES string of the molecule is CS(=O)(=O)c1ccc(-c2ccc(N)c(C(=O)O)n2)cc1. The number of carboxylic acids is 1. The van der Waals surface area contributed by atoms with Crippen molar-refractivity contribution in [1.29, 1.82) is 0 Å². The molecule has 0 aliphatic rings.